The van der Waals surface area contributed by atoms with Crippen LogP contribution in [0.15, 0.2) is 51.8 Å². The summed E-state index contributed by atoms with van der Waals surface area (Å²) >= 11 is 0. The zero-order valence-electron chi connectivity index (χ0n) is 11.8. The molecule has 0 N–H and O–H groups in total. The van der Waals surface area contributed by atoms with Crippen LogP contribution in [0.25, 0.3) is 0 Å². The van der Waals surface area contributed by atoms with E-state index in [4.69, 9.17) is 0 Å². The van der Waals surface area contributed by atoms with E-state index in [0.717, 1.165) is 16.7 Å². The molecular formula is C16H17NO2S. The van der Waals surface area contributed by atoms with Crippen molar-refractivity contribution in [2.75, 3.05) is 0 Å². The minimum Gasteiger partial charge on any atom is -0.199 e. The van der Waals surface area contributed by atoms with Crippen LogP contribution in [0.1, 0.15) is 22.3 Å². The van der Waals surface area contributed by atoms with E-state index in [-0.39, 0.29) is 4.90 Å². The van der Waals surface area contributed by atoms with Crippen molar-refractivity contribution in [1.29, 1.82) is 0 Å². The highest BCUT2D eigenvalue weighted by atomic mass is 32.2. The molecule has 0 heterocycles. The van der Waals surface area contributed by atoms with E-state index >= 15 is 0 Å². The third-order valence-corrected chi connectivity index (χ3v) is 4.44. The Morgan fingerprint density at radius 3 is 2.15 bits per heavy atom. The second-order valence-corrected chi connectivity index (χ2v) is 6.50. The van der Waals surface area contributed by atoms with Crippen LogP contribution in [-0.4, -0.2) is 14.6 Å². The number of hydrogen-bond donors (Lipinski definition) is 0. The monoisotopic (exact) mass is 287 g/mol. The first kappa shape index (κ1) is 14.5. The summed E-state index contributed by atoms with van der Waals surface area (Å²) in [7, 11) is -3.63. The lowest BCUT2D eigenvalue weighted by Crippen LogP contribution is -1.98. The molecule has 0 fully saturated rings. The smallest absolute Gasteiger partial charge is 0.199 e. The molecule has 0 spiro atoms. The standard InChI is InChI=1S/C16H17NO2S/c1-12-4-8-16(9-5-12)20(18,19)17-11-15-7-6-13(2)14(3)10-15/h4-11H,1-3H3/b17-11+. The molecule has 0 bridgehead atoms. The van der Waals surface area contributed by atoms with Gasteiger partial charge in [0.2, 0.25) is 0 Å². The van der Waals surface area contributed by atoms with Crippen LogP contribution >= 0.6 is 0 Å². The molecule has 20 heavy (non-hydrogen) atoms. The van der Waals surface area contributed by atoms with Crippen LogP contribution in [0.4, 0.5) is 0 Å². The molecule has 3 nitrogen and oxygen atoms in total. The highest BCUT2D eigenvalue weighted by molar-refractivity contribution is 7.90. The van der Waals surface area contributed by atoms with E-state index in [2.05, 4.69) is 4.40 Å². The summed E-state index contributed by atoms with van der Waals surface area (Å²) in [4.78, 5) is 0.211. The van der Waals surface area contributed by atoms with Crippen molar-refractivity contribution in [3.05, 3.63) is 64.7 Å². The highest BCUT2D eigenvalue weighted by Crippen LogP contribution is 2.14. The molecule has 0 aromatic heterocycles. The van der Waals surface area contributed by atoms with Gasteiger partial charge in [-0.1, -0.05) is 35.9 Å². The SMILES string of the molecule is Cc1ccc(S(=O)(=O)/N=C/c2ccc(C)c(C)c2)cc1. The Kier molecular flexibility index (Phi) is 4.04. The Hall–Kier alpha value is -1.94. The van der Waals surface area contributed by atoms with Gasteiger partial charge in [-0.15, -0.1) is 0 Å². The predicted molar refractivity (Wildman–Crippen MR) is 81.9 cm³/mol. The first-order chi connectivity index (χ1) is 9.38. The molecule has 2 aromatic carbocycles. The fourth-order valence-corrected chi connectivity index (χ4v) is 2.61. The lowest BCUT2D eigenvalue weighted by molar-refractivity contribution is 0.598. The summed E-state index contributed by atoms with van der Waals surface area (Å²) in [6.45, 7) is 5.91. The van der Waals surface area contributed by atoms with Crippen LogP contribution in [0.2, 0.25) is 0 Å². The summed E-state index contributed by atoms with van der Waals surface area (Å²) in [5, 5.41) is 0. The van der Waals surface area contributed by atoms with E-state index in [1.165, 1.54) is 11.8 Å². The van der Waals surface area contributed by atoms with Crippen LogP contribution in [0.3, 0.4) is 0 Å². The maximum Gasteiger partial charge on any atom is 0.282 e. The quantitative estimate of drug-likeness (QED) is 0.812. The minimum atomic E-state index is -3.63. The number of aryl methyl sites for hydroxylation is 3. The van der Waals surface area contributed by atoms with Gasteiger partial charge in [0.15, 0.2) is 0 Å². The molecule has 0 amide bonds. The maximum atomic E-state index is 12.1. The molecule has 0 radical (unpaired) electrons. The lowest BCUT2D eigenvalue weighted by Gasteiger charge is -2.01. The molecule has 104 valence electrons. The molecule has 0 aliphatic rings. The average Bonchev–Trinajstić information content (AvgIpc) is 2.41. The molecule has 4 heteroatoms. The second-order valence-electron chi connectivity index (χ2n) is 4.87. The number of sulfonamides is 1. The number of benzene rings is 2. The maximum absolute atomic E-state index is 12.1. The van der Waals surface area contributed by atoms with Gasteiger partial charge in [-0.25, -0.2) is 0 Å². The zero-order valence-corrected chi connectivity index (χ0v) is 12.6. The molecule has 2 rings (SSSR count). The van der Waals surface area contributed by atoms with Crippen molar-refractivity contribution in [3.8, 4) is 0 Å². The second kappa shape index (κ2) is 5.59. The predicted octanol–water partition coefficient (Wildman–Crippen LogP) is 3.42. The number of hydrogen-bond acceptors (Lipinski definition) is 2. The van der Waals surface area contributed by atoms with E-state index < -0.39 is 10.0 Å². The molecule has 0 aliphatic carbocycles. The Balaban J connectivity index is 2.29. The summed E-state index contributed by atoms with van der Waals surface area (Å²) in [5.41, 5.74) is 4.08. The fraction of sp³-hybridized carbons (Fsp3) is 0.188. The first-order valence-corrected chi connectivity index (χ1v) is 7.77. The van der Waals surface area contributed by atoms with E-state index in [1.807, 2.05) is 39.0 Å². The van der Waals surface area contributed by atoms with Gasteiger partial charge < -0.3 is 0 Å². The van der Waals surface area contributed by atoms with Gasteiger partial charge in [0.25, 0.3) is 10.0 Å². The van der Waals surface area contributed by atoms with Crippen LogP contribution in [0, 0.1) is 20.8 Å². The van der Waals surface area contributed by atoms with Crippen molar-refractivity contribution in [2.45, 2.75) is 25.7 Å². The Labute approximate surface area is 120 Å². The van der Waals surface area contributed by atoms with E-state index in [1.54, 1.807) is 24.3 Å². The summed E-state index contributed by atoms with van der Waals surface area (Å²) in [6, 6.07) is 12.4. The normalized spacial score (nSPS) is 11.9. The lowest BCUT2D eigenvalue weighted by atomic mass is 10.1. The topological polar surface area (TPSA) is 46.5 Å². The van der Waals surface area contributed by atoms with Crippen molar-refractivity contribution in [2.24, 2.45) is 4.40 Å². The van der Waals surface area contributed by atoms with E-state index in [9.17, 15) is 8.42 Å². The van der Waals surface area contributed by atoms with Crippen molar-refractivity contribution < 1.29 is 8.42 Å². The molecule has 0 atom stereocenters. The number of nitrogens with zero attached hydrogens (tertiary/aromatic N) is 1. The Morgan fingerprint density at radius 1 is 0.900 bits per heavy atom. The Bertz CT molecular complexity index is 745. The van der Waals surface area contributed by atoms with Crippen LogP contribution in [-0.2, 0) is 10.0 Å². The molecular weight excluding hydrogens is 270 g/mol. The molecule has 2 aromatic rings. The summed E-state index contributed by atoms with van der Waals surface area (Å²) in [6.07, 6.45) is 1.39. The van der Waals surface area contributed by atoms with Gasteiger partial charge in [0.1, 0.15) is 0 Å². The van der Waals surface area contributed by atoms with Gasteiger partial charge in [-0.3, -0.25) is 0 Å². The fourth-order valence-electron chi connectivity index (χ4n) is 1.75. The summed E-state index contributed by atoms with van der Waals surface area (Å²) < 4.78 is 27.9. The molecule has 0 saturated carbocycles. The van der Waals surface area contributed by atoms with Gasteiger partial charge >= 0.3 is 0 Å². The van der Waals surface area contributed by atoms with Gasteiger partial charge in [0, 0.05) is 6.21 Å². The van der Waals surface area contributed by atoms with E-state index in [0.29, 0.717) is 0 Å². The minimum absolute atomic E-state index is 0.211. The zero-order chi connectivity index (χ0) is 14.8. The summed E-state index contributed by atoms with van der Waals surface area (Å²) in [5.74, 6) is 0. The van der Waals surface area contributed by atoms with Crippen molar-refractivity contribution in [1.82, 2.24) is 0 Å². The van der Waals surface area contributed by atoms with Crippen LogP contribution < -0.4 is 0 Å². The molecule has 0 saturated heterocycles. The largest absolute Gasteiger partial charge is 0.282 e. The molecule has 0 unspecified atom stereocenters. The van der Waals surface area contributed by atoms with Crippen molar-refractivity contribution >= 4 is 16.2 Å². The third kappa shape index (κ3) is 3.33. The van der Waals surface area contributed by atoms with Crippen molar-refractivity contribution in [3.63, 3.8) is 0 Å². The highest BCUT2D eigenvalue weighted by Gasteiger charge is 2.10. The first-order valence-electron chi connectivity index (χ1n) is 6.33. The van der Waals surface area contributed by atoms with Crippen LogP contribution in [0.5, 0.6) is 0 Å². The van der Waals surface area contributed by atoms with Gasteiger partial charge in [0.05, 0.1) is 4.90 Å². The third-order valence-electron chi connectivity index (χ3n) is 3.19. The van der Waals surface area contributed by atoms with Gasteiger partial charge in [-0.2, -0.15) is 12.8 Å². The Morgan fingerprint density at radius 2 is 1.55 bits per heavy atom. The molecule has 0 aliphatic heterocycles. The average molecular weight is 287 g/mol. The van der Waals surface area contributed by atoms with Gasteiger partial charge in [-0.05, 0) is 49.6 Å². The number of rotatable bonds is 3.